The monoisotopic (exact) mass is 406 g/mol. The number of benzene rings is 1. The van der Waals surface area contributed by atoms with Gasteiger partial charge in [-0.15, -0.1) is 0 Å². The molecule has 1 fully saturated rings. The molecule has 0 amide bonds. The summed E-state index contributed by atoms with van der Waals surface area (Å²) in [4.78, 5) is 8.83. The number of aliphatic hydroxyl groups excluding tert-OH is 1. The average Bonchev–Trinajstić information content (AvgIpc) is 2.68. The molecule has 28 heavy (non-hydrogen) atoms. The Morgan fingerprint density at radius 1 is 1.14 bits per heavy atom. The summed E-state index contributed by atoms with van der Waals surface area (Å²) in [6.45, 7) is 4.20. The minimum Gasteiger partial charge on any atom is -0.491 e. The maximum absolute atomic E-state index is 11.2. The van der Waals surface area contributed by atoms with E-state index in [-0.39, 0.29) is 6.61 Å². The maximum Gasteiger partial charge on any atom is 0.229 e. The number of aliphatic hydroxyl groups is 1. The Morgan fingerprint density at radius 3 is 2.46 bits per heavy atom. The zero-order valence-corrected chi connectivity index (χ0v) is 16.7. The topological polar surface area (TPSA) is 95.0 Å². The third-order valence-corrected chi connectivity index (χ3v) is 5.02. The second-order valence-corrected chi connectivity index (χ2v) is 8.59. The van der Waals surface area contributed by atoms with Crippen LogP contribution in [0.15, 0.2) is 48.7 Å². The van der Waals surface area contributed by atoms with Crippen LogP contribution in [0.3, 0.4) is 0 Å². The van der Waals surface area contributed by atoms with E-state index in [2.05, 4.69) is 19.5 Å². The Labute approximate surface area is 165 Å². The van der Waals surface area contributed by atoms with E-state index < -0.39 is 16.1 Å². The molecular weight excluding hydrogens is 380 g/mol. The second-order valence-electron chi connectivity index (χ2n) is 6.84. The number of β-amino-alcohol motifs (C(OH)–C–C–N with tert-alkyl or cyclic N) is 1. The maximum atomic E-state index is 11.2. The SMILES string of the molecule is CS(=O)(=O)Nc1ccc(OC[C@H](O)CN2CCN(c3ccccn3)CC2)cc1. The lowest BCUT2D eigenvalue weighted by Gasteiger charge is -2.36. The number of hydrogen-bond donors (Lipinski definition) is 2. The number of rotatable bonds is 8. The van der Waals surface area contributed by atoms with Crippen molar-refractivity contribution < 1.29 is 18.3 Å². The molecule has 2 heterocycles. The van der Waals surface area contributed by atoms with Crippen molar-refractivity contribution in [1.29, 1.82) is 0 Å². The van der Waals surface area contributed by atoms with Crippen LogP contribution in [0.5, 0.6) is 5.75 Å². The van der Waals surface area contributed by atoms with Gasteiger partial charge in [0.25, 0.3) is 0 Å². The van der Waals surface area contributed by atoms with Gasteiger partial charge in [-0.1, -0.05) is 6.07 Å². The van der Waals surface area contributed by atoms with Crippen molar-refractivity contribution in [2.75, 3.05) is 55.2 Å². The molecule has 1 aromatic carbocycles. The Balaban J connectivity index is 1.39. The molecule has 0 spiro atoms. The van der Waals surface area contributed by atoms with Gasteiger partial charge in [-0.25, -0.2) is 13.4 Å². The van der Waals surface area contributed by atoms with E-state index in [9.17, 15) is 13.5 Å². The first kappa shape index (κ1) is 20.4. The van der Waals surface area contributed by atoms with Gasteiger partial charge in [0.05, 0.1) is 6.26 Å². The van der Waals surface area contributed by atoms with Crippen molar-refractivity contribution in [3.05, 3.63) is 48.7 Å². The Hall–Kier alpha value is -2.36. The molecule has 2 N–H and O–H groups in total. The summed E-state index contributed by atoms with van der Waals surface area (Å²) in [6, 6.07) is 12.5. The smallest absolute Gasteiger partial charge is 0.229 e. The number of piperazine rings is 1. The predicted octanol–water partition coefficient (Wildman–Crippen LogP) is 1.01. The fraction of sp³-hybridized carbons (Fsp3) is 0.421. The van der Waals surface area contributed by atoms with Gasteiger partial charge < -0.3 is 14.7 Å². The van der Waals surface area contributed by atoms with Gasteiger partial charge in [-0.2, -0.15) is 0 Å². The summed E-state index contributed by atoms with van der Waals surface area (Å²) in [5, 5.41) is 10.3. The van der Waals surface area contributed by atoms with Crippen LogP contribution in [0.1, 0.15) is 0 Å². The average molecular weight is 407 g/mol. The highest BCUT2D eigenvalue weighted by molar-refractivity contribution is 7.92. The lowest BCUT2D eigenvalue weighted by atomic mass is 10.2. The largest absolute Gasteiger partial charge is 0.491 e. The first-order valence-electron chi connectivity index (χ1n) is 9.16. The minimum absolute atomic E-state index is 0.180. The van der Waals surface area contributed by atoms with Crippen LogP contribution in [0.4, 0.5) is 11.5 Å². The van der Waals surface area contributed by atoms with Gasteiger partial charge in [0.1, 0.15) is 24.3 Å². The van der Waals surface area contributed by atoms with Crippen molar-refractivity contribution in [2.45, 2.75) is 6.10 Å². The van der Waals surface area contributed by atoms with Gasteiger partial charge in [0.2, 0.25) is 10.0 Å². The first-order chi connectivity index (χ1) is 13.4. The molecule has 1 atom stereocenters. The lowest BCUT2D eigenvalue weighted by molar-refractivity contribution is 0.0663. The van der Waals surface area contributed by atoms with E-state index in [1.807, 2.05) is 18.2 Å². The molecule has 0 saturated carbocycles. The van der Waals surface area contributed by atoms with Crippen molar-refractivity contribution in [1.82, 2.24) is 9.88 Å². The normalized spacial score (nSPS) is 16.6. The molecule has 0 unspecified atom stereocenters. The van der Waals surface area contributed by atoms with Gasteiger partial charge >= 0.3 is 0 Å². The summed E-state index contributed by atoms with van der Waals surface area (Å²) in [5.41, 5.74) is 0.473. The van der Waals surface area contributed by atoms with E-state index in [4.69, 9.17) is 4.74 Å². The molecule has 9 heteroatoms. The highest BCUT2D eigenvalue weighted by Crippen LogP contribution is 2.17. The van der Waals surface area contributed by atoms with E-state index in [1.54, 1.807) is 30.5 Å². The summed E-state index contributed by atoms with van der Waals surface area (Å²) in [5.74, 6) is 1.57. The lowest BCUT2D eigenvalue weighted by Crippen LogP contribution is -2.49. The standard InChI is InChI=1S/C19H26N4O4S/c1-28(25,26)21-16-5-7-18(8-6-16)27-15-17(24)14-22-10-12-23(13-11-22)19-4-2-3-9-20-19/h2-9,17,21,24H,10-15H2,1H3/t17-/m1/s1. The number of anilines is 2. The number of nitrogens with zero attached hydrogens (tertiary/aromatic N) is 3. The highest BCUT2D eigenvalue weighted by atomic mass is 32.2. The van der Waals surface area contributed by atoms with Crippen molar-refractivity contribution in [2.24, 2.45) is 0 Å². The Morgan fingerprint density at radius 2 is 1.86 bits per heavy atom. The van der Waals surface area contributed by atoms with E-state index in [1.165, 1.54) is 0 Å². The zero-order chi connectivity index (χ0) is 20.0. The van der Waals surface area contributed by atoms with Gasteiger partial charge in [-0.3, -0.25) is 9.62 Å². The highest BCUT2D eigenvalue weighted by Gasteiger charge is 2.20. The molecule has 0 aliphatic carbocycles. The molecule has 3 rings (SSSR count). The molecular formula is C19H26N4O4S. The molecule has 1 aliphatic rings. The number of pyridine rings is 1. The summed E-state index contributed by atoms with van der Waals surface area (Å²) >= 11 is 0. The van der Waals surface area contributed by atoms with Crippen LogP contribution in [-0.2, 0) is 10.0 Å². The quantitative estimate of drug-likeness (QED) is 0.676. The number of hydrogen-bond acceptors (Lipinski definition) is 7. The molecule has 2 aromatic rings. The fourth-order valence-electron chi connectivity index (χ4n) is 3.08. The number of aromatic nitrogens is 1. The minimum atomic E-state index is -3.30. The van der Waals surface area contributed by atoms with Crippen molar-refractivity contribution in [3.63, 3.8) is 0 Å². The molecule has 1 aromatic heterocycles. The summed E-state index contributed by atoms with van der Waals surface area (Å²) in [6.07, 6.45) is 2.30. The second kappa shape index (κ2) is 9.22. The third kappa shape index (κ3) is 6.36. The van der Waals surface area contributed by atoms with E-state index in [0.717, 1.165) is 38.3 Å². The van der Waals surface area contributed by atoms with Crippen LogP contribution in [0, 0.1) is 0 Å². The van der Waals surface area contributed by atoms with E-state index >= 15 is 0 Å². The van der Waals surface area contributed by atoms with E-state index in [0.29, 0.717) is 18.0 Å². The van der Waals surface area contributed by atoms with Crippen LogP contribution in [0.25, 0.3) is 0 Å². The van der Waals surface area contributed by atoms with Gasteiger partial charge in [-0.05, 0) is 36.4 Å². The third-order valence-electron chi connectivity index (χ3n) is 4.41. The molecule has 1 saturated heterocycles. The Kier molecular flexibility index (Phi) is 6.71. The number of ether oxygens (including phenoxy) is 1. The van der Waals surface area contributed by atoms with Crippen LogP contribution in [0.2, 0.25) is 0 Å². The van der Waals surface area contributed by atoms with Crippen molar-refractivity contribution in [3.8, 4) is 5.75 Å². The predicted molar refractivity (Wildman–Crippen MR) is 109 cm³/mol. The molecule has 0 bridgehead atoms. The molecule has 0 radical (unpaired) electrons. The number of nitrogens with one attached hydrogen (secondary N) is 1. The molecule has 8 nitrogen and oxygen atoms in total. The van der Waals surface area contributed by atoms with Gasteiger partial charge in [0, 0.05) is 44.6 Å². The van der Waals surface area contributed by atoms with Crippen LogP contribution in [-0.4, -0.2) is 75.1 Å². The van der Waals surface area contributed by atoms with Crippen LogP contribution < -0.4 is 14.4 Å². The van der Waals surface area contributed by atoms with Gasteiger partial charge in [0.15, 0.2) is 0 Å². The fourth-order valence-corrected chi connectivity index (χ4v) is 3.64. The first-order valence-corrected chi connectivity index (χ1v) is 11.1. The summed E-state index contributed by atoms with van der Waals surface area (Å²) in [7, 11) is -3.30. The summed E-state index contributed by atoms with van der Waals surface area (Å²) < 4.78 is 30.4. The zero-order valence-electron chi connectivity index (χ0n) is 15.9. The van der Waals surface area contributed by atoms with Crippen LogP contribution >= 0.6 is 0 Å². The van der Waals surface area contributed by atoms with Crippen molar-refractivity contribution >= 4 is 21.5 Å². The number of sulfonamides is 1. The molecule has 1 aliphatic heterocycles. The molecule has 152 valence electrons. The Bertz CT molecular complexity index is 838.